The second-order valence-electron chi connectivity index (χ2n) is 13.0. The van der Waals surface area contributed by atoms with E-state index < -0.39 is 0 Å². The Hall–Kier alpha value is -6.84. The highest BCUT2D eigenvalue weighted by atomic mass is 16.3. The van der Waals surface area contributed by atoms with Crippen LogP contribution in [0.4, 0.5) is 0 Å². The lowest BCUT2D eigenvalue weighted by molar-refractivity contribution is 0.670. The molecule has 2 heterocycles. The van der Waals surface area contributed by atoms with Crippen molar-refractivity contribution in [1.82, 2.24) is 9.97 Å². The van der Waals surface area contributed by atoms with E-state index in [0.29, 0.717) is 5.82 Å². The fraction of sp³-hybridized carbons (Fsp3) is 0. The lowest BCUT2D eigenvalue weighted by Crippen LogP contribution is -1.96. The van der Waals surface area contributed by atoms with Crippen molar-refractivity contribution in [3.63, 3.8) is 0 Å². The summed E-state index contributed by atoms with van der Waals surface area (Å²) in [5.74, 6) is 0.691. The summed E-state index contributed by atoms with van der Waals surface area (Å²) in [5.41, 5.74) is 11.0. The first-order chi connectivity index (χ1) is 25.2. The second kappa shape index (κ2) is 11.9. The zero-order chi connectivity index (χ0) is 33.7. The molecule has 0 aliphatic rings. The van der Waals surface area contributed by atoms with Crippen LogP contribution >= 0.6 is 0 Å². The molecule has 3 heteroatoms. The second-order valence-corrected chi connectivity index (χ2v) is 13.0. The zero-order valence-electron chi connectivity index (χ0n) is 27.6. The predicted octanol–water partition coefficient (Wildman–Crippen LogP) is 13.0. The van der Waals surface area contributed by atoms with Crippen molar-refractivity contribution in [2.75, 3.05) is 0 Å². The number of aromatic nitrogens is 2. The molecule has 0 atom stereocenters. The zero-order valence-corrected chi connectivity index (χ0v) is 27.6. The molecular weight excluding hydrogens is 621 g/mol. The Morgan fingerprint density at radius 1 is 0.333 bits per heavy atom. The van der Waals surface area contributed by atoms with E-state index in [9.17, 15) is 0 Å². The van der Waals surface area contributed by atoms with Crippen molar-refractivity contribution in [3.8, 4) is 56.2 Å². The van der Waals surface area contributed by atoms with E-state index in [2.05, 4.69) is 146 Å². The third-order valence-electron chi connectivity index (χ3n) is 9.86. The number of hydrogen-bond acceptors (Lipinski definition) is 3. The van der Waals surface area contributed by atoms with Gasteiger partial charge in [0.15, 0.2) is 5.82 Å². The molecule has 0 amide bonds. The van der Waals surface area contributed by atoms with Crippen molar-refractivity contribution in [1.29, 1.82) is 0 Å². The van der Waals surface area contributed by atoms with Gasteiger partial charge in [-0.25, -0.2) is 9.97 Å². The Labute approximate surface area is 295 Å². The molecule has 0 N–H and O–H groups in total. The van der Waals surface area contributed by atoms with Crippen molar-refractivity contribution in [2.24, 2.45) is 0 Å². The van der Waals surface area contributed by atoms with Gasteiger partial charge >= 0.3 is 0 Å². The average molecular weight is 651 g/mol. The molecule has 3 nitrogen and oxygen atoms in total. The summed E-state index contributed by atoms with van der Waals surface area (Å²) < 4.78 is 6.76. The highest BCUT2D eigenvalue weighted by molar-refractivity contribution is 6.14. The minimum Gasteiger partial charge on any atom is -0.455 e. The van der Waals surface area contributed by atoms with Crippen molar-refractivity contribution in [3.05, 3.63) is 182 Å². The van der Waals surface area contributed by atoms with Crippen LogP contribution in [0.2, 0.25) is 0 Å². The molecule has 10 rings (SSSR count). The molecule has 0 saturated carbocycles. The van der Waals surface area contributed by atoms with Crippen LogP contribution in [0.15, 0.2) is 186 Å². The molecule has 8 aromatic carbocycles. The van der Waals surface area contributed by atoms with Crippen LogP contribution in [-0.2, 0) is 0 Å². The maximum Gasteiger partial charge on any atom is 0.160 e. The number of fused-ring (bicyclic) bond motifs is 5. The normalized spacial score (nSPS) is 11.5. The van der Waals surface area contributed by atoms with Gasteiger partial charge in [-0.1, -0.05) is 152 Å². The first kappa shape index (κ1) is 29.1. The fourth-order valence-corrected chi connectivity index (χ4v) is 7.30. The molecule has 10 aromatic rings. The highest BCUT2D eigenvalue weighted by Crippen LogP contribution is 2.42. The molecule has 0 bridgehead atoms. The van der Waals surface area contributed by atoms with Crippen molar-refractivity contribution in [2.45, 2.75) is 0 Å². The lowest BCUT2D eigenvalue weighted by Gasteiger charge is -2.12. The van der Waals surface area contributed by atoms with Gasteiger partial charge in [0.1, 0.15) is 11.2 Å². The monoisotopic (exact) mass is 650 g/mol. The number of rotatable bonds is 5. The third kappa shape index (κ3) is 5.15. The Balaban J connectivity index is 1.21. The summed E-state index contributed by atoms with van der Waals surface area (Å²) >= 11 is 0. The predicted molar refractivity (Wildman–Crippen MR) is 212 cm³/mol. The summed E-state index contributed by atoms with van der Waals surface area (Å²) in [7, 11) is 0. The minimum atomic E-state index is 0.691. The van der Waals surface area contributed by atoms with Gasteiger partial charge in [-0.2, -0.15) is 0 Å². The Morgan fingerprint density at radius 3 is 1.67 bits per heavy atom. The van der Waals surface area contributed by atoms with Crippen molar-refractivity contribution >= 4 is 43.5 Å². The molecular formula is C48H30N2O. The number of nitrogens with zero attached hydrogens (tertiary/aromatic N) is 2. The van der Waals surface area contributed by atoms with Gasteiger partial charge in [-0.15, -0.1) is 0 Å². The van der Waals surface area contributed by atoms with Crippen LogP contribution in [0.5, 0.6) is 0 Å². The van der Waals surface area contributed by atoms with Gasteiger partial charge in [0.2, 0.25) is 0 Å². The standard InChI is InChI=1S/C48H30N2O/c1-3-13-34(14-4-1)44-30-45(50-48(49-44)35-15-5-2-6-16-35)38-27-41(47-43(28-38)42-26-36-17-7-8-18-37(36)29-46(42)51-47)33-24-22-32(23-25-33)40-21-11-19-31-12-9-10-20-39(31)40/h1-30H. The molecule has 0 unspecified atom stereocenters. The SMILES string of the molecule is c1ccc(-c2cc(-c3cc(-c4ccc(-c5cccc6ccccc56)cc4)c4oc5cc6ccccc6cc5c4c3)nc(-c3ccccc3)n2)cc1. The number of hydrogen-bond donors (Lipinski definition) is 0. The largest absolute Gasteiger partial charge is 0.455 e. The lowest BCUT2D eigenvalue weighted by atomic mass is 9.94. The molecule has 238 valence electrons. The first-order valence-corrected chi connectivity index (χ1v) is 17.2. The smallest absolute Gasteiger partial charge is 0.160 e. The number of furan rings is 1. The molecule has 0 saturated heterocycles. The Morgan fingerprint density at radius 2 is 0.922 bits per heavy atom. The molecule has 0 aliphatic heterocycles. The summed E-state index contributed by atoms with van der Waals surface area (Å²) in [6.45, 7) is 0. The fourth-order valence-electron chi connectivity index (χ4n) is 7.30. The quantitative estimate of drug-likeness (QED) is 0.186. The van der Waals surface area contributed by atoms with E-state index in [4.69, 9.17) is 14.4 Å². The summed E-state index contributed by atoms with van der Waals surface area (Å²) in [6, 6.07) is 63.9. The summed E-state index contributed by atoms with van der Waals surface area (Å²) in [5, 5.41) is 6.95. The molecule has 0 fully saturated rings. The summed E-state index contributed by atoms with van der Waals surface area (Å²) in [6.07, 6.45) is 0. The van der Waals surface area contributed by atoms with Crippen LogP contribution in [0.1, 0.15) is 0 Å². The van der Waals surface area contributed by atoms with Gasteiger partial charge in [-0.3, -0.25) is 0 Å². The van der Waals surface area contributed by atoms with E-state index in [1.165, 1.54) is 27.3 Å². The van der Waals surface area contributed by atoms with Crippen molar-refractivity contribution < 1.29 is 4.42 Å². The topological polar surface area (TPSA) is 38.9 Å². The van der Waals surface area contributed by atoms with E-state index in [1.54, 1.807) is 0 Å². The molecule has 0 spiro atoms. The Kier molecular flexibility index (Phi) is 6.81. The van der Waals surface area contributed by atoms with Crippen LogP contribution in [0.3, 0.4) is 0 Å². The Bertz CT molecular complexity index is 2830. The molecule has 2 aromatic heterocycles. The van der Waals surface area contributed by atoms with Crippen LogP contribution < -0.4 is 0 Å². The van der Waals surface area contributed by atoms with Crippen LogP contribution in [-0.4, -0.2) is 9.97 Å². The van der Waals surface area contributed by atoms with E-state index in [1.807, 2.05) is 36.4 Å². The molecule has 0 radical (unpaired) electrons. The maximum atomic E-state index is 6.76. The van der Waals surface area contributed by atoms with E-state index in [0.717, 1.165) is 66.5 Å². The van der Waals surface area contributed by atoms with Gasteiger partial charge in [-0.05, 0) is 68.6 Å². The summed E-state index contributed by atoms with van der Waals surface area (Å²) in [4.78, 5) is 10.2. The van der Waals surface area contributed by atoms with E-state index >= 15 is 0 Å². The molecule has 0 aliphatic carbocycles. The van der Waals surface area contributed by atoms with Crippen LogP contribution in [0, 0.1) is 0 Å². The third-order valence-corrected chi connectivity index (χ3v) is 9.86. The first-order valence-electron chi connectivity index (χ1n) is 17.2. The van der Waals surface area contributed by atoms with Crippen LogP contribution in [0.25, 0.3) is 99.6 Å². The maximum absolute atomic E-state index is 6.76. The van der Waals surface area contributed by atoms with Gasteiger partial charge in [0, 0.05) is 33.0 Å². The van der Waals surface area contributed by atoms with Gasteiger partial charge < -0.3 is 4.42 Å². The average Bonchev–Trinajstić information content (AvgIpc) is 3.57. The number of benzene rings is 8. The minimum absolute atomic E-state index is 0.691. The van der Waals surface area contributed by atoms with E-state index in [-0.39, 0.29) is 0 Å². The molecule has 51 heavy (non-hydrogen) atoms. The highest BCUT2D eigenvalue weighted by Gasteiger charge is 2.18. The van der Waals surface area contributed by atoms with Gasteiger partial charge in [0.25, 0.3) is 0 Å². The van der Waals surface area contributed by atoms with Gasteiger partial charge in [0.05, 0.1) is 11.4 Å².